The number of hydrogen-bond donors (Lipinski definition) is 1. The number of nitrogens with zero attached hydrogens (tertiary/aromatic N) is 3. The fourth-order valence-corrected chi connectivity index (χ4v) is 4.85. The van der Waals surface area contributed by atoms with E-state index in [1.807, 2.05) is 42.6 Å². The third kappa shape index (κ3) is 4.50. The minimum atomic E-state index is 0.0986. The number of anilines is 1. The molecule has 1 saturated heterocycles. The van der Waals surface area contributed by atoms with Crippen LogP contribution in [0.1, 0.15) is 34.5 Å². The highest BCUT2D eigenvalue weighted by Crippen LogP contribution is 2.30. The number of thiazole rings is 1. The maximum atomic E-state index is 13.0. The number of pyridine rings is 1. The zero-order valence-electron chi connectivity index (χ0n) is 17.3. The van der Waals surface area contributed by atoms with Gasteiger partial charge in [0.15, 0.2) is 10.9 Å². The van der Waals surface area contributed by atoms with Gasteiger partial charge in [0.2, 0.25) is 0 Å². The van der Waals surface area contributed by atoms with Crippen molar-refractivity contribution < 1.29 is 4.79 Å². The molecule has 0 unspecified atom stereocenters. The highest BCUT2D eigenvalue weighted by atomic mass is 32.1. The van der Waals surface area contributed by atoms with Crippen molar-refractivity contribution in [2.45, 2.75) is 25.8 Å². The molecule has 0 atom stereocenters. The van der Waals surface area contributed by atoms with E-state index in [0.717, 1.165) is 52.1 Å². The molecule has 1 fully saturated rings. The third-order valence-corrected chi connectivity index (χ3v) is 6.66. The molecule has 0 amide bonds. The first-order valence-corrected chi connectivity index (χ1v) is 11.4. The number of hydrogen-bond acceptors (Lipinski definition) is 6. The average Bonchev–Trinajstić information content (AvgIpc) is 3.45. The van der Waals surface area contributed by atoms with Crippen LogP contribution < -0.4 is 5.73 Å². The van der Waals surface area contributed by atoms with Crippen LogP contribution in [-0.4, -0.2) is 33.7 Å². The summed E-state index contributed by atoms with van der Waals surface area (Å²) in [6, 6.07) is 16.2. The summed E-state index contributed by atoms with van der Waals surface area (Å²) in [5.41, 5.74) is 9.58. The lowest BCUT2D eigenvalue weighted by Gasteiger charge is -2.15. The Labute approximate surface area is 185 Å². The second-order valence-electron chi connectivity index (χ2n) is 8.08. The van der Waals surface area contributed by atoms with Crippen LogP contribution in [0.15, 0.2) is 60.9 Å². The largest absolute Gasteiger partial charge is 0.375 e. The molecule has 0 saturated carbocycles. The summed E-state index contributed by atoms with van der Waals surface area (Å²) in [5, 5.41) is 2.66. The zero-order chi connectivity index (χ0) is 21.2. The van der Waals surface area contributed by atoms with Crippen molar-refractivity contribution in [3.05, 3.63) is 77.7 Å². The number of fused-ring (bicyclic) bond motifs is 1. The van der Waals surface area contributed by atoms with E-state index in [4.69, 9.17) is 5.73 Å². The monoisotopic (exact) mass is 428 g/mol. The molecule has 156 valence electrons. The Kier molecular flexibility index (Phi) is 5.49. The lowest BCUT2D eigenvalue weighted by Crippen LogP contribution is -2.18. The number of ketones is 1. The molecule has 5 nitrogen and oxygen atoms in total. The predicted molar refractivity (Wildman–Crippen MR) is 126 cm³/mol. The van der Waals surface area contributed by atoms with Gasteiger partial charge in [0.25, 0.3) is 0 Å². The molecule has 0 aliphatic carbocycles. The number of nitrogen functional groups attached to an aromatic ring is 1. The van der Waals surface area contributed by atoms with Crippen molar-refractivity contribution in [1.29, 1.82) is 0 Å². The second-order valence-corrected chi connectivity index (χ2v) is 9.15. The quantitative estimate of drug-likeness (QED) is 0.439. The number of aromatic nitrogens is 2. The molecule has 0 spiro atoms. The van der Waals surface area contributed by atoms with Gasteiger partial charge < -0.3 is 5.73 Å². The SMILES string of the molecule is Nc1ncc(-c2ccc3cnc(CC(=O)c4cccc(CN5CCCC5)c4)cc3c2)s1. The van der Waals surface area contributed by atoms with Gasteiger partial charge in [0.1, 0.15) is 0 Å². The van der Waals surface area contributed by atoms with Crippen LogP contribution in [0.25, 0.3) is 21.2 Å². The summed E-state index contributed by atoms with van der Waals surface area (Å²) in [6.45, 7) is 3.21. The van der Waals surface area contributed by atoms with Gasteiger partial charge in [-0.05, 0) is 60.6 Å². The highest BCUT2D eigenvalue weighted by molar-refractivity contribution is 7.18. The molecule has 2 N–H and O–H groups in total. The molecular formula is C25H24N4OS. The molecule has 1 aliphatic heterocycles. The van der Waals surface area contributed by atoms with Crippen molar-refractivity contribution in [3.8, 4) is 10.4 Å². The van der Waals surface area contributed by atoms with Gasteiger partial charge in [0, 0.05) is 35.6 Å². The number of carbonyl (C=O) groups excluding carboxylic acids is 1. The van der Waals surface area contributed by atoms with E-state index in [1.54, 1.807) is 6.20 Å². The van der Waals surface area contributed by atoms with E-state index >= 15 is 0 Å². The minimum absolute atomic E-state index is 0.0986. The van der Waals surface area contributed by atoms with Gasteiger partial charge in [-0.3, -0.25) is 14.7 Å². The molecule has 5 rings (SSSR count). The number of Topliss-reactive ketones (excluding diaryl/α,β-unsaturated/α-hetero) is 1. The van der Waals surface area contributed by atoms with Gasteiger partial charge in [-0.2, -0.15) is 0 Å². The summed E-state index contributed by atoms with van der Waals surface area (Å²) in [5.74, 6) is 0.0986. The van der Waals surface area contributed by atoms with E-state index in [1.165, 1.54) is 29.7 Å². The van der Waals surface area contributed by atoms with Crippen LogP contribution in [0.4, 0.5) is 5.13 Å². The van der Waals surface area contributed by atoms with Crippen molar-refractivity contribution in [1.82, 2.24) is 14.9 Å². The van der Waals surface area contributed by atoms with E-state index in [-0.39, 0.29) is 5.78 Å². The first-order valence-electron chi connectivity index (χ1n) is 10.6. The molecule has 2 aromatic heterocycles. The third-order valence-electron chi connectivity index (χ3n) is 5.78. The maximum Gasteiger partial charge on any atom is 0.180 e. The summed E-state index contributed by atoms with van der Waals surface area (Å²) < 4.78 is 0. The van der Waals surface area contributed by atoms with Gasteiger partial charge in [-0.15, -0.1) is 0 Å². The van der Waals surface area contributed by atoms with Gasteiger partial charge in [-0.25, -0.2) is 4.98 Å². The minimum Gasteiger partial charge on any atom is -0.375 e. The molecule has 3 heterocycles. The first kappa shape index (κ1) is 19.8. The Balaban J connectivity index is 1.35. The van der Waals surface area contributed by atoms with Gasteiger partial charge in [0.05, 0.1) is 11.3 Å². The molecular weight excluding hydrogens is 404 g/mol. The lowest BCUT2D eigenvalue weighted by atomic mass is 10.0. The van der Waals surface area contributed by atoms with Crippen LogP contribution in [0.5, 0.6) is 0 Å². The second kappa shape index (κ2) is 8.57. The van der Waals surface area contributed by atoms with Crippen LogP contribution in [0.2, 0.25) is 0 Å². The Hall–Kier alpha value is -3.09. The molecule has 31 heavy (non-hydrogen) atoms. The average molecular weight is 429 g/mol. The summed E-state index contributed by atoms with van der Waals surface area (Å²) >= 11 is 1.47. The van der Waals surface area contributed by atoms with Crippen LogP contribution in [0.3, 0.4) is 0 Å². The Morgan fingerprint density at radius 2 is 1.87 bits per heavy atom. The molecule has 0 radical (unpaired) electrons. The summed E-state index contributed by atoms with van der Waals surface area (Å²) in [7, 11) is 0. The zero-order valence-corrected chi connectivity index (χ0v) is 18.1. The fourth-order valence-electron chi connectivity index (χ4n) is 4.17. The normalized spacial score (nSPS) is 14.3. The number of rotatable bonds is 6. The molecule has 1 aliphatic rings. The topological polar surface area (TPSA) is 72.1 Å². The van der Waals surface area contributed by atoms with Crippen molar-refractivity contribution in [2.24, 2.45) is 0 Å². The predicted octanol–water partition coefficient (Wildman–Crippen LogP) is 4.96. The number of benzene rings is 2. The molecule has 6 heteroatoms. The van der Waals surface area contributed by atoms with Crippen molar-refractivity contribution in [3.63, 3.8) is 0 Å². The Morgan fingerprint density at radius 3 is 2.68 bits per heavy atom. The standard InChI is InChI=1S/C25H24N4OS/c26-25-28-15-24(31-25)19-6-7-20-14-27-22(12-21(20)11-19)13-23(30)18-5-3-4-17(10-18)16-29-8-1-2-9-29/h3-7,10-12,14-15H,1-2,8-9,13,16H2,(H2,26,28). The van der Waals surface area contributed by atoms with Crippen LogP contribution in [-0.2, 0) is 13.0 Å². The van der Waals surface area contributed by atoms with E-state index in [0.29, 0.717) is 11.6 Å². The molecule has 4 aromatic rings. The Morgan fingerprint density at radius 1 is 1.00 bits per heavy atom. The smallest absolute Gasteiger partial charge is 0.180 e. The summed E-state index contributed by atoms with van der Waals surface area (Å²) in [6.07, 6.45) is 6.46. The van der Waals surface area contributed by atoms with Gasteiger partial charge >= 0.3 is 0 Å². The fraction of sp³-hybridized carbons (Fsp3) is 0.240. The van der Waals surface area contributed by atoms with E-state index < -0.39 is 0 Å². The molecule has 0 bridgehead atoms. The lowest BCUT2D eigenvalue weighted by molar-refractivity contribution is 0.0992. The van der Waals surface area contributed by atoms with E-state index in [2.05, 4.69) is 27.0 Å². The highest BCUT2D eigenvalue weighted by Gasteiger charge is 2.14. The number of likely N-dealkylation sites (tertiary alicyclic amines) is 1. The van der Waals surface area contributed by atoms with E-state index in [9.17, 15) is 4.79 Å². The van der Waals surface area contributed by atoms with Crippen LogP contribution >= 0.6 is 11.3 Å². The van der Waals surface area contributed by atoms with Gasteiger partial charge in [-0.1, -0.05) is 41.7 Å². The molecule has 2 aromatic carbocycles. The van der Waals surface area contributed by atoms with Crippen LogP contribution in [0, 0.1) is 0 Å². The Bertz CT molecular complexity index is 1240. The van der Waals surface area contributed by atoms with Crippen molar-refractivity contribution >= 4 is 33.0 Å². The first-order chi connectivity index (χ1) is 15.1. The maximum absolute atomic E-state index is 13.0. The number of nitrogens with two attached hydrogens (primary N) is 1. The van der Waals surface area contributed by atoms with Crippen molar-refractivity contribution in [2.75, 3.05) is 18.8 Å². The number of carbonyl (C=O) groups is 1. The summed E-state index contributed by atoms with van der Waals surface area (Å²) in [4.78, 5) is 25.1.